The Hall–Kier alpha value is -1.30. The number of rotatable bonds is 5. The monoisotopic (exact) mass is 320 g/mol. The quantitative estimate of drug-likeness (QED) is 0.152. The molecule has 7 atom stereocenters. The van der Waals surface area contributed by atoms with E-state index in [2.05, 4.69) is 5.32 Å². The van der Waals surface area contributed by atoms with Gasteiger partial charge in [0, 0.05) is 12.8 Å². The van der Waals surface area contributed by atoms with E-state index in [9.17, 15) is 24.9 Å². The molecule has 0 radical (unpaired) electrons. The molecule has 10 nitrogen and oxygen atoms in total. The number of hydrogen-bond donors (Lipinski definition) is 7. The van der Waals surface area contributed by atoms with Gasteiger partial charge < -0.3 is 31.1 Å². The molecule has 0 saturated carbocycles. The summed E-state index contributed by atoms with van der Waals surface area (Å²) in [4.78, 5) is 22.9. The Balaban J connectivity index is 3.02. The van der Waals surface area contributed by atoms with Crippen molar-refractivity contribution in [1.29, 1.82) is 0 Å². The standard InChI is InChI=1S/C12H24N4O6/c1-4(7(13)12(21)16-14)11-8(15-5(2)18)10(20)9(19)6(3-17)22-11/h4,6-11,17,19-20H,3,13-14H2,1-2H3,(H,15,18)(H,16,21)/t4?,6-,7?,8-,9+,10-,11+/m1/s1. The van der Waals surface area contributed by atoms with Crippen LogP contribution in [0.2, 0.25) is 0 Å². The topological polar surface area (TPSA) is 180 Å². The van der Waals surface area contributed by atoms with Gasteiger partial charge in [-0.15, -0.1) is 0 Å². The predicted molar refractivity (Wildman–Crippen MR) is 74.8 cm³/mol. The Bertz CT molecular complexity index is 409. The second-order valence-corrected chi connectivity index (χ2v) is 5.42. The SMILES string of the molecule is CC(=O)N[C@@H]1[C@@H](O)[C@@H](O)[C@@H](CO)O[C@H]1C(C)C(N)C(=O)NN. The zero-order chi connectivity index (χ0) is 17.0. The van der Waals surface area contributed by atoms with Crippen LogP contribution in [0, 0.1) is 5.92 Å². The Labute approximate surface area is 127 Å². The minimum Gasteiger partial charge on any atom is -0.394 e. The van der Waals surface area contributed by atoms with E-state index in [4.69, 9.17) is 16.3 Å². The first kappa shape index (κ1) is 18.7. The molecule has 0 aromatic carbocycles. The fourth-order valence-electron chi connectivity index (χ4n) is 2.54. The van der Waals surface area contributed by atoms with Crippen LogP contribution in [0.5, 0.6) is 0 Å². The van der Waals surface area contributed by atoms with Crippen molar-refractivity contribution in [2.75, 3.05) is 6.61 Å². The third-order valence-corrected chi connectivity index (χ3v) is 3.86. The summed E-state index contributed by atoms with van der Waals surface area (Å²) in [6, 6.07) is -2.05. The maximum Gasteiger partial charge on any atom is 0.251 e. The van der Waals surface area contributed by atoms with Gasteiger partial charge in [-0.2, -0.15) is 0 Å². The van der Waals surface area contributed by atoms with Crippen LogP contribution < -0.4 is 22.3 Å². The van der Waals surface area contributed by atoms with E-state index in [1.54, 1.807) is 6.92 Å². The number of ether oxygens (including phenoxy) is 1. The zero-order valence-corrected chi connectivity index (χ0v) is 12.5. The molecule has 0 aliphatic carbocycles. The lowest BCUT2D eigenvalue weighted by molar-refractivity contribution is -0.207. The number of amides is 2. The predicted octanol–water partition coefficient (Wildman–Crippen LogP) is -4.07. The van der Waals surface area contributed by atoms with Crippen LogP contribution in [0.15, 0.2) is 0 Å². The summed E-state index contributed by atoms with van der Waals surface area (Å²) in [7, 11) is 0. The largest absolute Gasteiger partial charge is 0.394 e. The van der Waals surface area contributed by atoms with Crippen molar-refractivity contribution in [2.24, 2.45) is 17.5 Å². The molecule has 0 aromatic rings. The highest BCUT2D eigenvalue weighted by Gasteiger charge is 2.48. The summed E-state index contributed by atoms with van der Waals surface area (Å²) in [6.45, 7) is 2.29. The van der Waals surface area contributed by atoms with Crippen molar-refractivity contribution in [3.63, 3.8) is 0 Å². The van der Waals surface area contributed by atoms with Gasteiger partial charge in [-0.3, -0.25) is 15.0 Å². The fourth-order valence-corrected chi connectivity index (χ4v) is 2.54. The molecular weight excluding hydrogens is 296 g/mol. The van der Waals surface area contributed by atoms with Crippen molar-refractivity contribution in [3.8, 4) is 0 Å². The highest BCUT2D eigenvalue weighted by Crippen LogP contribution is 2.27. The molecule has 128 valence electrons. The number of nitrogens with one attached hydrogen (secondary N) is 2. The number of nitrogens with two attached hydrogens (primary N) is 2. The average molecular weight is 320 g/mol. The molecule has 2 unspecified atom stereocenters. The van der Waals surface area contributed by atoms with Crippen LogP contribution in [0.1, 0.15) is 13.8 Å². The first-order chi connectivity index (χ1) is 10.2. The van der Waals surface area contributed by atoms with Crippen molar-refractivity contribution >= 4 is 11.8 Å². The summed E-state index contributed by atoms with van der Waals surface area (Å²) >= 11 is 0. The Morgan fingerprint density at radius 3 is 2.36 bits per heavy atom. The van der Waals surface area contributed by atoms with Gasteiger partial charge in [0.1, 0.15) is 18.3 Å². The molecule has 1 aliphatic rings. The minimum absolute atomic E-state index is 0.448. The van der Waals surface area contributed by atoms with Crippen LogP contribution >= 0.6 is 0 Å². The molecule has 0 spiro atoms. The Morgan fingerprint density at radius 1 is 1.32 bits per heavy atom. The van der Waals surface area contributed by atoms with Crippen molar-refractivity contribution in [1.82, 2.24) is 10.7 Å². The number of aliphatic hydroxyl groups excluding tert-OH is 3. The van der Waals surface area contributed by atoms with E-state index in [-0.39, 0.29) is 0 Å². The molecule has 1 fully saturated rings. The van der Waals surface area contributed by atoms with E-state index in [1.165, 1.54) is 6.92 Å². The molecule has 1 saturated heterocycles. The molecule has 1 heterocycles. The van der Waals surface area contributed by atoms with Crippen LogP contribution in [-0.4, -0.2) is 70.2 Å². The van der Waals surface area contributed by atoms with Gasteiger partial charge >= 0.3 is 0 Å². The Morgan fingerprint density at radius 2 is 1.91 bits per heavy atom. The summed E-state index contributed by atoms with van der Waals surface area (Å²) in [5.74, 6) is 3.30. The third-order valence-electron chi connectivity index (χ3n) is 3.86. The van der Waals surface area contributed by atoms with Crippen molar-refractivity contribution in [2.45, 2.75) is 50.3 Å². The number of carbonyl (C=O) groups excluding carboxylic acids is 2. The van der Waals surface area contributed by atoms with Gasteiger partial charge in [0.25, 0.3) is 5.91 Å². The molecule has 0 bridgehead atoms. The van der Waals surface area contributed by atoms with E-state index < -0.39 is 60.8 Å². The molecular formula is C12H24N4O6. The number of hydrogen-bond acceptors (Lipinski definition) is 8. The molecule has 22 heavy (non-hydrogen) atoms. The lowest BCUT2D eigenvalue weighted by atomic mass is 9.83. The van der Waals surface area contributed by atoms with Crippen molar-refractivity contribution < 1.29 is 29.6 Å². The maximum absolute atomic E-state index is 11.6. The normalized spacial score (nSPS) is 34.6. The highest BCUT2D eigenvalue weighted by molar-refractivity contribution is 5.81. The van der Waals surface area contributed by atoms with Crippen LogP contribution in [0.4, 0.5) is 0 Å². The number of hydrazine groups is 1. The van der Waals surface area contributed by atoms with Gasteiger partial charge in [0.2, 0.25) is 5.91 Å². The Kier molecular flexibility index (Phi) is 6.66. The lowest BCUT2D eigenvalue weighted by Gasteiger charge is -2.45. The summed E-state index contributed by atoms with van der Waals surface area (Å²) in [5.41, 5.74) is 7.69. The van der Waals surface area contributed by atoms with E-state index in [0.717, 1.165) is 0 Å². The molecule has 1 rings (SSSR count). The first-order valence-corrected chi connectivity index (χ1v) is 6.90. The summed E-state index contributed by atoms with van der Waals surface area (Å²) in [6.07, 6.45) is -4.72. The minimum atomic E-state index is -1.38. The van der Waals surface area contributed by atoms with Gasteiger partial charge in [-0.25, -0.2) is 5.84 Å². The summed E-state index contributed by atoms with van der Waals surface area (Å²) < 4.78 is 5.53. The highest BCUT2D eigenvalue weighted by atomic mass is 16.5. The first-order valence-electron chi connectivity index (χ1n) is 6.90. The van der Waals surface area contributed by atoms with Crippen LogP contribution in [-0.2, 0) is 14.3 Å². The zero-order valence-electron chi connectivity index (χ0n) is 12.5. The molecule has 10 heteroatoms. The van der Waals surface area contributed by atoms with Crippen molar-refractivity contribution in [3.05, 3.63) is 0 Å². The third kappa shape index (κ3) is 3.91. The van der Waals surface area contributed by atoms with E-state index in [0.29, 0.717) is 0 Å². The smallest absolute Gasteiger partial charge is 0.251 e. The number of carbonyl (C=O) groups is 2. The molecule has 0 aromatic heterocycles. The van der Waals surface area contributed by atoms with Crippen LogP contribution in [0.3, 0.4) is 0 Å². The molecule has 1 aliphatic heterocycles. The fraction of sp³-hybridized carbons (Fsp3) is 0.833. The van der Waals surface area contributed by atoms with E-state index >= 15 is 0 Å². The van der Waals surface area contributed by atoms with Gasteiger partial charge in [0.15, 0.2) is 0 Å². The lowest BCUT2D eigenvalue weighted by Crippen LogP contribution is -2.67. The number of aliphatic hydroxyl groups is 3. The second-order valence-electron chi connectivity index (χ2n) is 5.42. The van der Waals surface area contributed by atoms with Crippen LogP contribution in [0.25, 0.3) is 0 Å². The second kappa shape index (κ2) is 7.81. The van der Waals surface area contributed by atoms with E-state index in [1.807, 2.05) is 5.43 Å². The molecule has 2 amide bonds. The van der Waals surface area contributed by atoms with Gasteiger partial charge in [-0.05, 0) is 0 Å². The molecule has 9 N–H and O–H groups in total. The average Bonchev–Trinajstić information content (AvgIpc) is 2.49. The van der Waals surface area contributed by atoms with Gasteiger partial charge in [-0.1, -0.05) is 6.92 Å². The maximum atomic E-state index is 11.6. The van der Waals surface area contributed by atoms with Gasteiger partial charge in [0.05, 0.1) is 24.8 Å². The summed E-state index contributed by atoms with van der Waals surface area (Å²) in [5, 5.41) is 31.8.